The summed E-state index contributed by atoms with van der Waals surface area (Å²) in [5.74, 6) is 0.822. The van der Waals surface area contributed by atoms with E-state index in [0.29, 0.717) is 0 Å². The molecule has 2 nitrogen and oxygen atoms in total. The van der Waals surface area contributed by atoms with Gasteiger partial charge in [0.05, 0.1) is 12.1 Å². The van der Waals surface area contributed by atoms with Gasteiger partial charge in [-0.2, -0.15) is 0 Å². The summed E-state index contributed by atoms with van der Waals surface area (Å²) in [5.41, 5.74) is 2.23. The summed E-state index contributed by atoms with van der Waals surface area (Å²) >= 11 is 6.18. The van der Waals surface area contributed by atoms with E-state index in [2.05, 4.69) is 18.3 Å². The van der Waals surface area contributed by atoms with E-state index < -0.39 is 0 Å². The third-order valence-electron chi connectivity index (χ3n) is 2.87. The molecule has 1 saturated carbocycles. The van der Waals surface area contributed by atoms with Gasteiger partial charge in [-0.1, -0.05) is 23.2 Å². The van der Waals surface area contributed by atoms with Gasteiger partial charge in [0.2, 0.25) is 0 Å². The maximum absolute atomic E-state index is 6.18. The molecule has 0 radical (unpaired) electrons. The Balaban J connectivity index is 2.11. The summed E-state index contributed by atoms with van der Waals surface area (Å²) in [6.07, 6.45) is 4.71. The number of ether oxygens (including phenoxy) is 1. The van der Waals surface area contributed by atoms with Gasteiger partial charge in [-0.3, -0.25) is 0 Å². The summed E-state index contributed by atoms with van der Waals surface area (Å²) in [5, 5.41) is 4.21. The molecule has 0 aromatic heterocycles. The maximum atomic E-state index is 6.18. The minimum atomic E-state index is 0.728. The molecule has 1 N–H and O–H groups in total. The van der Waals surface area contributed by atoms with Crippen LogP contribution in [0.3, 0.4) is 0 Å². The third kappa shape index (κ3) is 3.48. The first-order valence-corrected chi connectivity index (χ1v) is 6.31. The van der Waals surface area contributed by atoms with Crippen LogP contribution in [0.2, 0.25) is 5.02 Å². The molecule has 1 fully saturated rings. The number of nitrogens with one attached hydrogen (secondary N) is 1. The lowest BCUT2D eigenvalue weighted by Crippen LogP contribution is -2.18. The number of methoxy groups -OCH3 is 1. The second-order valence-corrected chi connectivity index (χ2v) is 4.91. The van der Waals surface area contributed by atoms with Gasteiger partial charge in [-0.05, 0) is 38.0 Å². The fourth-order valence-corrected chi connectivity index (χ4v) is 1.95. The van der Waals surface area contributed by atoms with Crippen LogP contribution in [0.4, 0.5) is 0 Å². The van der Waals surface area contributed by atoms with Crippen molar-refractivity contribution in [3.05, 3.63) is 34.4 Å². The topological polar surface area (TPSA) is 21.3 Å². The molecule has 0 unspecified atom stereocenters. The molecule has 1 aromatic carbocycles. The van der Waals surface area contributed by atoms with Crippen molar-refractivity contribution in [1.29, 1.82) is 0 Å². The summed E-state index contributed by atoms with van der Waals surface area (Å²) in [7, 11) is 1.67. The van der Waals surface area contributed by atoms with Crippen LogP contribution in [0.1, 0.15) is 25.3 Å². The van der Waals surface area contributed by atoms with Crippen LogP contribution in [0.15, 0.2) is 23.8 Å². The zero-order valence-corrected chi connectivity index (χ0v) is 11.1. The molecular weight excluding hydrogens is 234 g/mol. The monoisotopic (exact) mass is 251 g/mol. The first-order chi connectivity index (χ1) is 8.20. The molecule has 0 aliphatic heterocycles. The SMILES string of the molecule is COc1cccc(Cl)c1/C=C(/C)CNC1CC1. The molecule has 0 amide bonds. The predicted octanol–water partition coefficient (Wildman–Crippen LogP) is 3.50. The summed E-state index contributed by atoms with van der Waals surface area (Å²) in [6.45, 7) is 3.02. The van der Waals surface area contributed by atoms with E-state index in [-0.39, 0.29) is 0 Å². The van der Waals surface area contributed by atoms with E-state index in [1.54, 1.807) is 7.11 Å². The van der Waals surface area contributed by atoms with Crippen LogP contribution in [0, 0.1) is 0 Å². The second-order valence-electron chi connectivity index (χ2n) is 4.50. The van der Waals surface area contributed by atoms with E-state index in [9.17, 15) is 0 Å². The minimum absolute atomic E-state index is 0.728. The molecular formula is C14H18ClNO. The minimum Gasteiger partial charge on any atom is -0.496 e. The maximum Gasteiger partial charge on any atom is 0.127 e. The Morgan fingerprint density at radius 1 is 1.53 bits per heavy atom. The number of halogens is 1. The van der Waals surface area contributed by atoms with Crippen LogP contribution in [-0.4, -0.2) is 19.7 Å². The average Bonchev–Trinajstić information content (AvgIpc) is 3.13. The highest BCUT2D eigenvalue weighted by atomic mass is 35.5. The molecule has 2 rings (SSSR count). The van der Waals surface area contributed by atoms with Crippen LogP contribution < -0.4 is 10.1 Å². The first kappa shape index (κ1) is 12.5. The largest absolute Gasteiger partial charge is 0.496 e. The zero-order chi connectivity index (χ0) is 12.3. The first-order valence-electron chi connectivity index (χ1n) is 5.94. The number of hydrogen-bond acceptors (Lipinski definition) is 2. The Bertz CT molecular complexity index is 424. The Morgan fingerprint density at radius 3 is 2.94 bits per heavy atom. The van der Waals surface area contributed by atoms with Gasteiger partial charge < -0.3 is 10.1 Å². The summed E-state index contributed by atoms with van der Waals surface area (Å²) < 4.78 is 5.32. The molecule has 1 aromatic rings. The van der Waals surface area contributed by atoms with Gasteiger partial charge in [0.1, 0.15) is 5.75 Å². The standard InChI is InChI=1S/C14H18ClNO/c1-10(9-16-11-6-7-11)8-12-13(15)4-3-5-14(12)17-2/h3-5,8,11,16H,6-7,9H2,1-2H3/b10-8-. The van der Waals surface area contributed by atoms with Crippen molar-refractivity contribution in [2.45, 2.75) is 25.8 Å². The molecule has 0 saturated heterocycles. The van der Waals surface area contributed by atoms with Crippen LogP contribution in [0.5, 0.6) is 5.75 Å². The predicted molar refractivity (Wildman–Crippen MR) is 72.7 cm³/mol. The molecule has 0 bridgehead atoms. The van der Waals surface area contributed by atoms with E-state index >= 15 is 0 Å². The highest BCUT2D eigenvalue weighted by Crippen LogP contribution is 2.28. The van der Waals surface area contributed by atoms with Gasteiger partial charge in [0.15, 0.2) is 0 Å². The molecule has 0 heterocycles. The van der Waals surface area contributed by atoms with Crippen LogP contribution in [0.25, 0.3) is 6.08 Å². The molecule has 3 heteroatoms. The van der Waals surface area contributed by atoms with E-state index in [4.69, 9.17) is 16.3 Å². The Labute approximate surface area is 108 Å². The fraction of sp³-hybridized carbons (Fsp3) is 0.429. The lowest BCUT2D eigenvalue weighted by molar-refractivity contribution is 0.414. The number of hydrogen-bond donors (Lipinski definition) is 1. The van der Waals surface area contributed by atoms with Gasteiger partial charge in [0, 0.05) is 18.2 Å². The van der Waals surface area contributed by atoms with Gasteiger partial charge in [-0.25, -0.2) is 0 Å². The van der Waals surface area contributed by atoms with Crippen LogP contribution >= 0.6 is 11.6 Å². The van der Waals surface area contributed by atoms with Crippen LogP contribution in [-0.2, 0) is 0 Å². The number of benzene rings is 1. The molecule has 92 valence electrons. The van der Waals surface area contributed by atoms with Crippen molar-refractivity contribution in [2.24, 2.45) is 0 Å². The van der Waals surface area contributed by atoms with E-state index in [1.807, 2.05) is 18.2 Å². The van der Waals surface area contributed by atoms with Crippen molar-refractivity contribution in [3.8, 4) is 5.75 Å². The highest BCUT2D eigenvalue weighted by molar-refractivity contribution is 6.32. The molecule has 17 heavy (non-hydrogen) atoms. The zero-order valence-electron chi connectivity index (χ0n) is 10.3. The van der Waals surface area contributed by atoms with Gasteiger partial charge in [0.25, 0.3) is 0 Å². The molecule has 1 aliphatic rings. The van der Waals surface area contributed by atoms with Gasteiger partial charge in [-0.15, -0.1) is 0 Å². The summed E-state index contributed by atoms with van der Waals surface area (Å²) in [6, 6.07) is 6.44. The van der Waals surface area contributed by atoms with E-state index in [0.717, 1.165) is 28.9 Å². The summed E-state index contributed by atoms with van der Waals surface area (Å²) in [4.78, 5) is 0. The second kappa shape index (κ2) is 5.56. The number of rotatable bonds is 5. The average molecular weight is 252 g/mol. The Morgan fingerprint density at radius 2 is 2.29 bits per heavy atom. The highest BCUT2D eigenvalue weighted by Gasteiger charge is 2.19. The lowest BCUT2D eigenvalue weighted by atomic mass is 10.1. The molecule has 0 spiro atoms. The Kier molecular flexibility index (Phi) is 4.08. The molecule has 1 aliphatic carbocycles. The van der Waals surface area contributed by atoms with Gasteiger partial charge >= 0.3 is 0 Å². The van der Waals surface area contributed by atoms with E-state index in [1.165, 1.54) is 18.4 Å². The molecule has 0 atom stereocenters. The Hall–Kier alpha value is -0.990. The van der Waals surface area contributed by atoms with Crippen molar-refractivity contribution < 1.29 is 4.74 Å². The normalized spacial score (nSPS) is 16.1. The van der Waals surface area contributed by atoms with Crippen molar-refractivity contribution in [2.75, 3.05) is 13.7 Å². The lowest BCUT2D eigenvalue weighted by Gasteiger charge is -2.08. The third-order valence-corrected chi connectivity index (χ3v) is 3.20. The van der Waals surface area contributed by atoms with Crippen molar-refractivity contribution in [3.63, 3.8) is 0 Å². The quantitative estimate of drug-likeness (QED) is 0.865. The van der Waals surface area contributed by atoms with Crippen molar-refractivity contribution >= 4 is 17.7 Å². The smallest absolute Gasteiger partial charge is 0.127 e. The van der Waals surface area contributed by atoms with Crippen molar-refractivity contribution in [1.82, 2.24) is 5.32 Å². The fourth-order valence-electron chi connectivity index (χ4n) is 1.73.